The zero-order valence-corrected chi connectivity index (χ0v) is 12.0. The van der Waals surface area contributed by atoms with Gasteiger partial charge in [-0.3, -0.25) is 4.79 Å². The molecule has 0 radical (unpaired) electrons. The molecule has 0 spiro atoms. The number of carboxylic acid groups (broad SMARTS) is 1. The van der Waals surface area contributed by atoms with Crippen molar-refractivity contribution in [2.24, 2.45) is 5.92 Å². The molecule has 1 fully saturated rings. The van der Waals surface area contributed by atoms with Gasteiger partial charge in [-0.2, -0.15) is 0 Å². The highest BCUT2D eigenvalue weighted by Gasteiger charge is 2.46. The highest BCUT2D eigenvalue weighted by Crippen LogP contribution is 2.33. The Balaban J connectivity index is 2.60. The molecule has 3 amide bonds. The fraction of sp³-hybridized carbons (Fsp3) is 0.769. The highest BCUT2D eigenvalue weighted by molar-refractivity contribution is 5.89. The summed E-state index contributed by atoms with van der Waals surface area (Å²) in [5.41, 5.74) is -1.23. The van der Waals surface area contributed by atoms with Crippen LogP contribution in [-0.4, -0.2) is 41.6 Å². The van der Waals surface area contributed by atoms with Crippen molar-refractivity contribution in [2.45, 2.75) is 45.1 Å². The van der Waals surface area contributed by atoms with E-state index >= 15 is 0 Å². The third kappa shape index (κ3) is 3.85. The molecule has 0 aliphatic heterocycles. The number of aliphatic carboxylic acids is 1. The Kier molecular flexibility index (Phi) is 5.79. The van der Waals surface area contributed by atoms with Crippen LogP contribution in [0.25, 0.3) is 0 Å². The fourth-order valence-corrected chi connectivity index (χ4v) is 2.57. The van der Waals surface area contributed by atoms with E-state index in [1.807, 2.05) is 6.92 Å². The molecule has 0 saturated heterocycles. The van der Waals surface area contributed by atoms with Gasteiger partial charge in [0.15, 0.2) is 0 Å². The molecule has 0 aromatic heterocycles. The van der Waals surface area contributed by atoms with E-state index in [0.717, 1.165) is 19.3 Å². The summed E-state index contributed by atoms with van der Waals surface area (Å²) in [6, 6.07) is -0.618. The van der Waals surface area contributed by atoms with Gasteiger partial charge < -0.3 is 21.1 Å². The molecule has 114 valence electrons. The quantitative estimate of drug-likeness (QED) is 0.588. The number of nitrogens with one attached hydrogen (secondary N) is 3. The minimum Gasteiger partial charge on any atom is -0.479 e. The van der Waals surface area contributed by atoms with Gasteiger partial charge in [-0.1, -0.05) is 19.8 Å². The first kappa shape index (κ1) is 16.3. The number of carbonyl (C=O) groups is 3. The second kappa shape index (κ2) is 7.12. The van der Waals surface area contributed by atoms with Crippen LogP contribution in [0.4, 0.5) is 4.79 Å². The number of hydrogen-bond donors (Lipinski definition) is 4. The molecule has 2 atom stereocenters. The van der Waals surface area contributed by atoms with Crippen LogP contribution in [0.2, 0.25) is 0 Å². The van der Waals surface area contributed by atoms with E-state index in [0.29, 0.717) is 13.0 Å². The van der Waals surface area contributed by atoms with Gasteiger partial charge in [-0.25, -0.2) is 9.59 Å². The predicted molar refractivity (Wildman–Crippen MR) is 73.2 cm³/mol. The molecule has 20 heavy (non-hydrogen) atoms. The van der Waals surface area contributed by atoms with Gasteiger partial charge in [0.2, 0.25) is 5.91 Å². The van der Waals surface area contributed by atoms with Crippen molar-refractivity contribution < 1.29 is 19.5 Å². The van der Waals surface area contributed by atoms with Gasteiger partial charge in [-0.05, 0) is 25.7 Å². The molecule has 0 heterocycles. The van der Waals surface area contributed by atoms with Crippen LogP contribution in [0.15, 0.2) is 0 Å². The minimum absolute atomic E-state index is 0.135. The molecule has 2 unspecified atom stereocenters. The Morgan fingerprint density at radius 2 is 1.95 bits per heavy atom. The zero-order valence-electron chi connectivity index (χ0n) is 12.0. The summed E-state index contributed by atoms with van der Waals surface area (Å²) in [6.07, 6.45) is 2.92. The molecule has 1 rings (SSSR count). The average Bonchev–Trinajstić information content (AvgIpc) is 2.39. The van der Waals surface area contributed by atoms with Crippen molar-refractivity contribution in [1.82, 2.24) is 16.0 Å². The molecule has 1 aliphatic carbocycles. The first-order valence-corrected chi connectivity index (χ1v) is 6.98. The summed E-state index contributed by atoms with van der Waals surface area (Å²) in [6.45, 7) is 3.93. The van der Waals surface area contributed by atoms with E-state index in [-0.39, 0.29) is 18.4 Å². The Hall–Kier alpha value is -1.79. The van der Waals surface area contributed by atoms with Gasteiger partial charge in [0.25, 0.3) is 0 Å². The summed E-state index contributed by atoms with van der Waals surface area (Å²) < 4.78 is 0. The van der Waals surface area contributed by atoms with Crippen LogP contribution < -0.4 is 16.0 Å². The topological polar surface area (TPSA) is 108 Å². The SMILES string of the molecule is CCNC(=O)CNC(=O)NC1(C(=O)O)CCCCC1C. The Morgan fingerprint density at radius 3 is 2.50 bits per heavy atom. The van der Waals surface area contributed by atoms with E-state index in [4.69, 9.17) is 0 Å². The van der Waals surface area contributed by atoms with Crippen molar-refractivity contribution in [3.8, 4) is 0 Å². The van der Waals surface area contributed by atoms with Gasteiger partial charge in [0.1, 0.15) is 5.54 Å². The third-order valence-electron chi connectivity index (χ3n) is 3.80. The van der Waals surface area contributed by atoms with E-state index in [9.17, 15) is 19.5 Å². The van der Waals surface area contributed by atoms with Crippen LogP contribution >= 0.6 is 0 Å². The van der Waals surface area contributed by atoms with Gasteiger partial charge in [-0.15, -0.1) is 0 Å². The number of carboxylic acids is 1. The number of hydrogen-bond acceptors (Lipinski definition) is 3. The normalized spacial score (nSPS) is 25.6. The number of carbonyl (C=O) groups excluding carboxylic acids is 2. The second-order valence-electron chi connectivity index (χ2n) is 5.18. The summed E-state index contributed by atoms with van der Waals surface area (Å²) >= 11 is 0. The predicted octanol–water partition coefficient (Wildman–Crippen LogP) is 0.455. The second-order valence-corrected chi connectivity index (χ2v) is 5.18. The van der Waals surface area contributed by atoms with Crippen LogP contribution in [-0.2, 0) is 9.59 Å². The Morgan fingerprint density at radius 1 is 1.25 bits per heavy atom. The van der Waals surface area contributed by atoms with Crippen molar-refractivity contribution in [1.29, 1.82) is 0 Å². The van der Waals surface area contributed by atoms with E-state index in [2.05, 4.69) is 16.0 Å². The van der Waals surface area contributed by atoms with Crippen LogP contribution in [0, 0.1) is 5.92 Å². The van der Waals surface area contributed by atoms with Crippen LogP contribution in [0.1, 0.15) is 39.5 Å². The lowest BCUT2D eigenvalue weighted by Crippen LogP contribution is -2.62. The van der Waals surface area contributed by atoms with Crippen LogP contribution in [0.5, 0.6) is 0 Å². The van der Waals surface area contributed by atoms with Gasteiger partial charge in [0.05, 0.1) is 6.54 Å². The largest absolute Gasteiger partial charge is 0.479 e. The van der Waals surface area contributed by atoms with E-state index in [1.165, 1.54) is 0 Å². The molecule has 1 saturated carbocycles. The van der Waals surface area contributed by atoms with E-state index < -0.39 is 17.5 Å². The monoisotopic (exact) mass is 285 g/mol. The van der Waals surface area contributed by atoms with Crippen molar-refractivity contribution >= 4 is 17.9 Å². The zero-order chi connectivity index (χ0) is 15.2. The molecule has 0 aromatic rings. The summed E-state index contributed by atoms with van der Waals surface area (Å²) in [5, 5.41) is 16.9. The Labute approximate surface area is 118 Å². The third-order valence-corrected chi connectivity index (χ3v) is 3.80. The highest BCUT2D eigenvalue weighted by atomic mass is 16.4. The molecule has 7 nitrogen and oxygen atoms in total. The van der Waals surface area contributed by atoms with Crippen molar-refractivity contribution in [3.63, 3.8) is 0 Å². The first-order valence-electron chi connectivity index (χ1n) is 6.98. The molecular formula is C13H23N3O4. The van der Waals surface area contributed by atoms with Gasteiger partial charge in [0, 0.05) is 6.54 Å². The maximum atomic E-state index is 11.8. The minimum atomic E-state index is -1.23. The summed E-state index contributed by atoms with van der Waals surface area (Å²) in [7, 11) is 0. The number of likely N-dealkylation sites (N-methyl/N-ethyl adjacent to an activating group) is 1. The smallest absolute Gasteiger partial charge is 0.329 e. The maximum absolute atomic E-state index is 11.8. The van der Waals surface area contributed by atoms with Crippen LogP contribution in [0.3, 0.4) is 0 Å². The molecule has 0 bridgehead atoms. The fourth-order valence-electron chi connectivity index (χ4n) is 2.57. The van der Waals surface area contributed by atoms with Crippen molar-refractivity contribution in [3.05, 3.63) is 0 Å². The molecule has 1 aliphatic rings. The number of urea groups is 1. The molecule has 4 N–H and O–H groups in total. The van der Waals surface area contributed by atoms with E-state index in [1.54, 1.807) is 6.92 Å². The molecule has 7 heteroatoms. The molecular weight excluding hydrogens is 262 g/mol. The Bertz CT molecular complexity index is 386. The standard InChI is InChI=1S/C13H23N3O4/c1-3-14-10(17)8-15-12(20)16-13(11(18)19)7-5-4-6-9(13)2/h9H,3-8H2,1-2H3,(H,14,17)(H,18,19)(H2,15,16,20). The summed E-state index contributed by atoms with van der Waals surface area (Å²) in [4.78, 5) is 34.6. The van der Waals surface area contributed by atoms with Crippen molar-refractivity contribution in [2.75, 3.05) is 13.1 Å². The average molecular weight is 285 g/mol. The lowest BCUT2D eigenvalue weighted by atomic mass is 9.73. The lowest BCUT2D eigenvalue weighted by Gasteiger charge is -2.39. The van der Waals surface area contributed by atoms with Gasteiger partial charge >= 0.3 is 12.0 Å². The first-order chi connectivity index (χ1) is 9.42. The number of rotatable bonds is 5. The summed E-state index contributed by atoms with van der Waals surface area (Å²) in [5.74, 6) is -1.45. The number of amides is 3. The molecule has 0 aromatic carbocycles. The lowest BCUT2D eigenvalue weighted by molar-refractivity contribution is -0.148. The maximum Gasteiger partial charge on any atom is 0.329 e.